The fourth-order valence-electron chi connectivity index (χ4n) is 3.00. The number of sulfone groups is 1. The van der Waals surface area contributed by atoms with E-state index in [1.165, 1.54) is 6.26 Å². The van der Waals surface area contributed by atoms with E-state index in [-0.39, 0.29) is 17.3 Å². The summed E-state index contributed by atoms with van der Waals surface area (Å²) in [5.41, 5.74) is 2.59. The first kappa shape index (κ1) is 17.5. The molecule has 0 saturated carbocycles. The molecule has 3 aromatic carbocycles. The molecule has 0 aliphatic carbocycles. The van der Waals surface area contributed by atoms with E-state index in [1.54, 1.807) is 24.3 Å². The molecule has 0 spiro atoms. The number of aromatic hydroxyl groups is 1. The van der Waals surface area contributed by atoms with Crippen LogP contribution in [-0.4, -0.2) is 31.5 Å². The second kappa shape index (κ2) is 6.86. The molecule has 3 rings (SSSR count). The van der Waals surface area contributed by atoms with Gasteiger partial charge in [-0.2, -0.15) is 0 Å². The van der Waals surface area contributed by atoms with Crippen LogP contribution in [0.2, 0.25) is 0 Å². The van der Waals surface area contributed by atoms with Crippen LogP contribution in [0.3, 0.4) is 0 Å². The number of hydrogen-bond acceptors (Lipinski definition) is 4. The van der Waals surface area contributed by atoms with E-state index in [2.05, 4.69) is 0 Å². The maximum absolute atomic E-state index is 11.7. The minimum absolute atomic E-state index is 0.0602. The molecule has 25 heavy (non-hydrogen) atoms. The summed E-state index contributed by atoms with van der Waals surface area (Å²) >= 11 is 0. The van der Waals surface area contributed by atoms with Gasteiger partial charge in [0.25, 0.3) is 0 Å². The predicted molar refractivity (Wildman–Crippen MR) is 99.6 cm³/mol. The highest BCUT2D eigenvalue weighted by atomic mass is 32.2. The van der Waals surface area contributed by atoms with Crippen LogP contribution in [0.5, 0.6) is 5.75 Å². The van der Waals surface area contributed by atoms with Crippen molar-refractivity contribution in [2.45, 2.75) is 17.7 Å². The Balaban J connectivity index is 2.19. The number of phenolic OH excluding ortho intramolecular Hbond substituents is 1. The van der Waals surface area contributed by atoms with E-state index in [1.807, 2.05) is 30.3 Å². The summed E-state index contributed by atoms with van der Waals surface area (Å²) < 4.78 is 23.3. The third-order valence-corrected chi connectivity index (χ3v) is 5.42. The Morgan fingerprint density at radius 3 is 2.20 bits per heavy atom. The monoisotopic (exact) mass is 356 g/mol. The highest BCUT2D eigenvalue weighted by Crippen LogP contribution is 2.37. The van der Waals surface area contributed by atoms with E-state index in [0.717, 1.165) is 27.5 Å². The molecule has 0 aliphatic heterocycles. The zero-order chi connectivity index (χ0) is 18.0. The van der Waals surface area contributed by atoms with Gasteiger partial charge in [-0.05, 0) is 53.1 Å². The molecule has 0 fully saturated rings. The van der Waals surface area contributed by atoms with Crippen LogP contribution in [0.25, 0.3) is 21.9 Å². The number of aliphatic hydroxyl groups excluding tert-OH is 1. The Kier molecular flexibility index (Phi) is 4.79. The molecule has 0 aliphatic rings. The van der Waals surface area contributed by atoms with Crippen LogP contribution in [0.1, 0.15) is 12.0 Å². The molecule has 0 atom stereocenters. The van der Waals surface area contributed by atoms with Crippen molar-refractivity contribution in [3.8, 4) is 16.9 Å². The average molecular weight is 356 g/mol. The smallest absolute Gasteiger partial charge is 0.175 e. The number of aryl methyl sites for hydroxylation is 1. The first-order valence-electron chi connectivity index (χ1n) is 8.07. The van der Waals surface area contributed by atoms with Crippen LogP contribution in [0, 0.1) is 0 Å². The van der Waals surface area contributed by atoms with Gasteiger partial charge in [0.2, 0.25) is 0 Å². The Morgan fingerprint density at radius 2 is 1.60 bits per heavy atom. The van der Waals surface area contributed by atoms with Crippen molar-refractivity contribution in [2.75, 3.05) is 12.9 Å². The van der Waals surface area contributed by atoms with Gasteiger partial charge in [-0.25, -0.2) is 8.42 Å². The first-order valence-corrected chi connectivity index (χ1v) is 9.96. The van der Waals surface area contributed by atoms with Gasteiger partial charge >= 0.3 is 0 Å². The zero-order valence-electron chi connectivity index (χ0n) is 13.9. The molecule has 0 unspecified atom stereocenters. The number of rotatable bonds is 5. The van der Waals surface area contributed by atoms with E-state index in [0.29, 0.717) is 12.8 Å². The normalized spacial score (nSPS) is 11.8. The van der Waals surface area contributed by atoms with Crippen molar-refractivity contribution < 1.29 is 18.6 Å². The van der Waals surface area contributed by atoms with Crippen molar-refractivity contribution in [1.29, 1.82) is 0 Å². The van der Waals surface area contributed by atoms with Gasteiger partial charge in [0.05, 0.1) is 4.90 Å². The number of aliphatic hydroxyl groups is 1. The van der Waals surface area contributed by atoms with Crippen molar-refractivity contribution in [2.24, 2.45) is 0 Å². The lowest BCUT2D eigenvalue weighted by atomic mass is 9.93. The summed E-state index contributed by atoms with van der Waals surface area (Å²) in [5, 5.41) is 21.3. The van der Waals surface area contributed by atoms with Gasteiger partial charge in [-0.1, -0.05) is 36.4 Å². The quantitative estimate of drug-likeness (QED) is 0.733. The Bertz CT molecular complexity index is 1010. The summed E-state index contributed by atoms with van der Waals surface area (Å²) in [7, 11) is -3.24. The molecule has 0 saturated heterocycles. The highest BCUT2D eigenvalue weighted by molar-refractivity contribution is 7.90. The van der Waals surface area contributed by atoms with Gasteiger partial charge in [0, 0.05) is 18.2 Å². The summed E-state index contributed by atoms with van der Waals surface area (Å²) in [6.45, 7) is 0.0602. The number of fused-ring (bicyclic) bond motifs is 1. The van der Waals surface area contributed by atoms with Gasteiger partial charge in [0.1, 0.15) is 5.75 Å². The topological polar surface area (TPSA) is 74.6 Å². The Labute approximate surface area is 147 Å². The van der Waals surface area contributed by atoms with E-state index in [4.69, 9.17) is 5.11 Å². The van der Waals surface area contributed by atoms with Gasteiger partial charge in [-0.3, -0.25) is 0 Å². The molecule has 0 bridgehead atoms. The zero-order valence-corrected chi connectivity index (χ0v) is 14.8. The Hall–Kier alpha value is -2.37. The third kappa shape index (κ3) is 3.52. The van der Waals surface area contributed by atoms with Crippen LogP contribution in [-0.2, 0) is 16.3 Å². The minimum atomic E-state index is -3.24. The summed E-state index contributed by atoms with van der Waals surface area (Å²) in [6.07, 6.45) is 2.32. The van der Waals surface area contributed by atoms with E-state index < -0.39 is 9.84 Å². The predicted octanol–water partition coefficient (Wildman–Crippen LogP) is 3.54. The largest absolute Gasteiger partial charge is 0.507 e. The SMILES string of the molecule is CS(=O)(=O)c1ccc(-c2cc(CCCO)c(O)c3ccccc23)cc1. The fraction of sp³-hybridized carbons (Fsp3) is 0.200. The van der Waals surface area contributed by atoms with Crippen molar-refractivity contribution >= 4 is 20.6 Å². The molecule has 130 valence electrons. The van der Waals surface area contributed by atoms with Gasteiger partial charge < -0.3 is 10.2 Å². The lowest BCUT2D eigenvalue weighted by Gasteiger charge is -2.13. The van der Waals surface area contributed by atoms with Crippen molar-refractivity contribution in [1.82, 2.24) is 0 Å². The first-order chi connectivity index (χ1) is 11.9. The van der Waals surface area contributed by atoms with Gasteiger partial charge in [-0.15, -0.1) is 0 Å². The van der Waals surface area contributed by atoms with E-state index in [9.17, 15) is 13.5 Å². The molecule has 4 nitrogen and oxygen atoms in total. The van der Waals surface area contributed by atoms with Crippen LogP contribution in [0.4, 0.5) is 0 Å². The molecule has 2 N–H and O–H groups in total. The Morgan fingerprint density at radius 1 is 0.960 bits per heavy atom. The highest BCUT2D eigenvalue weighted by Gasteiger charge is 2.13. The molecule has 3 aromatic rings. The maximum Gasteiger partial charge on any atom is 0.175 e. The van der Waals surface area contributed by atoms with Crippen LogP contribution >= 0.6 is 0 Å². The molecular formula is C20H20O4S. The minimum Gasteiger partial charge on any atom is -0.507 e. The fourth-order valence-corrected chi connectivity index (χ4v) is 3.63. The van der Waals surface area contributed by atoms with Gasteiger partial charge in [0.15, 0.2) is 9.84 Å². The molecule has 5 heteroatoms. The van der Waals surface area contributed by atoms with E-state index >= 15 is 0 Å². The van der Waals surface area contributed by atoms with Crippen molar-refractivity contribution in [3.05, 3.63) is 60.2 Å². The summed E-state index contributed by atoms with van der Waals surface area (Å²) in [6, 6.07) is 16.3. The van der Waals surface area contributed by atoms with Crippen LogP contribution < -0.4 is 0 Å². The standard InChI is InChI=1S/C20H20O4S/c1-25(23,24)16-10-8-14(9-11-16)19-13-15(5-4-12-21)20(22)18-7-3-2-6-17(18)19/h2-3,6-11,13,21-22H,4-5,12H2,1H3. The second-order valence-corrected chi connectivity index (χ2v) is 8.12. The number of phenols is 1. The second-order valence-electron chi connectivity index (χ2n) is 6.10. The summed E-state index contributed by atoms with van der Waals surface area (Å²) in [5.74, 6) is 0.237. The third-order valence-electron chi connectivity index (χ3n) is 4.29. The lowest BCUT2D eigenvalue weighted by molar-refractivity contribution is 0.288. The van der Waals surface area contributed by atoms with Crippen LogP contribution in [0.15, 0.2) is 59.5 Å². The molecule has 0 radical (unpaired) electrons. The number of hydrogen-bond donors (Lipinski definition) is 2. The lowest BCUT2D eigenvalue weighted by Crippen LogP contribution is -1.97. The molecule has 0 heterocycles. The molecule has 0 aromatic heterocycles. The average Bonchev–Trinajstić information content (AvgIpc) is 2.61. The maximum atomic E-state index is 11.7. The van der Waals surface area contributed by atoms with Crippen molar-refractivity contribution in [3.63, 3.8) is 0 Å². The molecular weight excluding hydrogens is 336 g/mol. The summed E-state index contributed by atoms with van der Waals surface area (Å²) in [4.78, 5) is 0.278. The molecule has 0 amide bonds. The number of benzene rings is 3.